The Labute approximate surface area is 123 Å². The number of rotatable bonds is 3. The normalized spacial score (nSPS) is 13.0. The van der Waals surface area contributed by atoms with Gasteiger partial charge >= 0.3 is 5.97 Å². The second kappa shape index (κ2) is 5.63. The number of methoxy groups -OCH3 is 1. The van der Waals surface area contributed by atoms with Crippen LogP contribution in [-0.2, 0) is 16.1 Å². The third-order valence-corrected chi connectivity index (χ3v) is 3.14. The van der Waals surface area contributed by atoms with Crippen molar-refractivity contribution in [2.45, 2.75) is 27.3 Å². The van der Waals surface area contributed by atoms with Crippen LogP contribution in [0.1, 0.15) is 36.7 Å². The molecule has 6 nitrogen and oxygen atoms in total. The number of amides is 1. The number of hydrogen-bond donors (Lipinski definition) is 1. The minimum atomic E-state index is -0.516. The second-order valence-electron chi connectivity index (χ2n) is 5.76. The molecule has 0 aromatic heterocycles. The van der Waals surface area contributed by atoms with E-state index in [-0.39, 0.29) is 19.2 Å². The Balaban J connectivity index is 2.28. The Morgan fingerprint density at radius 3 is 2.62 bits per heavy atom. The van der Waals surface area contributed by atoms with Gasteiger partial charge in [-0.05, 0) is 11.6 Å². The maximum atomic E-state index is 12.0. The topological polar surface area (TPSA) is 73.9 Å². The SMILES string of the molecule is COC(=O)c1c(CNC(=O)C(C)(C)C)ccc2c1OCO2. The molecule has 0 aliphatic carbocycles. The predicted octanol–water partition coefficient (Wildman–Crippen LogP) is 1.86. The van der Waals surface area contributed by atoms with Crippen LogP contribution in [0.5, 0.6) is 11.5 Å². The molecule has 114 valence electrons. The first-order chi connectivity index (χ1) is 9.84. The number of fused-ring (bicyclic) bond motifs is 1. The minimum absolute atomic E-state index is 0.0666. The van der Waals surface area contributed by atoms with Crippen molar-refractivity contribution in [3.63, 3.8) is 0 Å². The molecule has 1 amide bonds. The standard InChI is InChI=1S/C15H19NO5/c1-15(2,3)14(18)16-7-9-5-6-10-12(21-8-20-10)11(9)13(17)19-4/h5-6H,7-8H2,1-4H3,(H,16,18). The highest BCUT2D eigenvalue weighted by atomic mass is 16.7. The highest BCUT2D eigenvalue weighted by Gasteiger charge is 2.27. The van der Waals surface area contributed by atoms with Crippen LogP contribution in [0.2, 0.25) is 0 Å². The molecule has 0 radical (unpaired) electrons. The summed E-state index contributed by atoms with van der Waals surface area (Å²) in [6.07, 6.45) is 0. The lowest BCUT2D eigenvalue weighted by atomic mass is 9.95. The third-order valence-electron chi connectivity index (χ3n) is 3.14. The van der Waals surface area contributed by atoms with Crippen molar-refractivity contribution >= 4 is 11.9 Å². The smallest absolute Gasteiger partial charge is 0.342 e. The molecule has 1 aliphatic rings. The van der Waals surface area contributed by atoms with E-state index in [1.165, 1.54) is 7.11 Å². The summed E-state index contributed by atoms with van der Waals surface area (Å²) in [6.45, 7) is 5.75. The van der Waals surface area contributed by atoms with E-state index in [0.29, 0.717) is 22.6 Å². The Hall–Kier alpha value is -2.24. The van der Waals surface area contributed by atoms with Crippen molar-refractivity contribution in [3.05, 3.63) is 23.3 Å². The highest BCUT2D eigenvalue weighted by Crippen LogP contribution is 2.38. The summed E-state index contributed by atoms with van der Waals surface area (Å²) in [6, 6.07) is 3.44. The fourth-order valence-corrected chi connectivity index (χ4v) is 1.93. The van der Waals surface area contributed by atoms with Gasteiger partial charge in [0.1, 0.15) is 5.56 Å². The zero-order chi connectivity index (χ0) is 15.6. The van der Waals surface area contributed by atoms with E-state index in [1.54, 1.807) is 12.1 Å². The summed E-state index contributed by atoms with van der Waals surface area (Å²) >= 11 is 0. The van der Waals surface area contributed by atoms with Crippen LogP contribution in [0.3, 0.4) is 0 Å². The molecule has 1 aromatic carbocycles. The van der Waals surface area contributed by atoms with Crippen LogP contribution in [0.25, 0.3) is 0 Å². The van der Waals surface area contributed by atoms with Gasteiger partial charge in [-0.1, -0.05) is 26.8 Å². The maximum Gasteiger partial charge on any atom is 0.342 e. The van der Waals surface area contributed by atoms with Crippen molar-refractivity contribution in [2.24, 2.45) is 5.41 Å². The highest BCUT2D eigenvalue weighted by molar-refractivity contribution is 5.95. The summed E-state index contributed by atoms with van der Waals surface area (Å²) in [7, 11) is 1.30. The van der Waals surface area contributed by atoms with Gasteiger partial charge < -0.3 is 19.5 Å². The Morgan fingerprint density at radius 2 is 2.00 bits per heavy atom. The van der Waals surface area contributed by atoms with Crippen LogP contribution in [-0.4, -0.2) is 25.8 Å². The molecule has 0 atom stereocenters. The molecular formula is C15H19NO5. The molecule has 0 saturated heterocycles. The van der Waals surface area contributed by atoms with Gasteiger partial charge in [-0.15, -0.1) is 0 Å². The number of carbonyl (C=O) groups is 2. The molecular weight excluding hydrogens is 274 g/mol. The van der Waals surface area contributed by atoms with E-state index in [9.17, 15) is 9.59 Å². The van der Waals surface area contributed by atoms with Gasteiger partial charge in [-0.3, -0.25) is 4.79 Å². The van der Waals surface area contributed by atoms with E-state index in [2.05, 4.69) is 5.32 Å². The van der Waals surface area contributed by atoms with Crippen LogP contribution in [0.15, 0.2) is 12.1 Å². The molecule has 21 heavy (non-hydrogen) atoms. The average molecular weight is 293 g/mol. The lowest BCUT2D eigenvalue weighted by Crippen LogP contribution is -2.34. The summed E-state index contributed by atoms with van der Waals surface area (Å²) in [5, 5.41) is 2.81. The summed E-state index contributed by atoms with van der Waals surface area (Å²) in [4.78, 5) is 23.9. The average Bonchev–Trinajstić information content (AvgIpc) is 2.90. The number of ether oxygens (including phenoxy) is 3. The summed E-state index contributed by atoms with van der Waals surface area (Å²) in [5.41, 5.74) is 0.423. The zero-order valence-corrected chi connectivity index (χ0v) is 12.6. The van der Waals surface area contributed by atoms with Gasteiger partial charge in [0.05, 0.1) is 7.11 Å². The molecule has 0 bridgehead atoms. The predicted molar refractivity (Wildman–Crippen MR) is 75.2 cm³/mol. The van der Waals surface area contributed by atoms with Gasteiger partial charge in [0.2, 0.25) is 12.7 Å². The van der Waals surface area contributed by atoms with Gasteiger partial charge in [0, 0.05) is 12.0 Å². The zero-order valence-electron chi connectivity index (χ0n) is 12.6. The third kappa shape index (κ3) is 3.09. The van der Waals surface area contributed by atoms with Gasteiger partial charge in [-0.25, -0.2) is 4.79 Å². The summed E-state index contributed by atoms with van der Waals surface area (Å²) in [5.74, 6) is 0.249. The van der Waals surface area contributed by atoms with Crippen LogP contribution in [0, 0.1) is 5.41 Å². The quantitative estimate of drug-likeness (QED) is 0.861. The van der Waals surface area contributed by atoms with E-state index in [4.69, 9.17) is 14.2 Å². The minimum Gasteiger partial charge on any atom is -0.465 e. The second-order valence-corrected chi connectivity index (χ2v) is 5.76. The largest absolute Gasteiger partial charge is 0.465 e. The van der Waals surface area contributed by atoms with E-state index in [0.717, 1.165) is 0 Å². The maximum absolute atomic E-state index is 12.0. The number of esters is 1. The fraction of sp³-hybridized carbons (Fsp3) is 0.467. The lowest BCUT2D eigenvalue weighted by Gasteiger charge is -2.18. The molecule has 0 fully saturated rings. The van der Waals surface area contributed by atoms with Crippen molar-refractivity contribution < 1.29 is 23.8 Å². The molecule has 0 saturated carbocycles. The first-order valence-electron chi connectivity index (χ1n) is 6.62. The van der Waals surface area contributed by atoms with E-state index >= 15 is 0 Å². The number of nitrogens with one attached hydrogen (secondary N) is 1. The molecule has 0 unspecified atom stereocenters. The van der Waals surface area contributed by atoms with Crippen molar-refractivity contribution in [2.75, 3.05) is 13.9 Å². The van der Waals surface area contributed by atoms with Crippen LogP contribution >= 0.6 is 0 Å². The first-order valence-corrected chi connectivity index (χ1v) is 6.62. The molecule has 0 spiro atoms. The molecule has 1 heterocycles. The number of carbonyl (C=O) groups excluding carboxylic acids is 2. The summed E-state index contributed by atoms with van der Waals surface area (Å²) < 4.78 is 15.4. The molecule has 1 aliphatic heterocycles. The van der Waals surface area contributed by atoms with Gasteiger partial charge in [0.25, 0.3) is 0 Å². The lowest BCUT2D eigenvalue weighted by molar-refractivity contribution is -0.128. The van der Waals surface area contributed by atoms with Crippen molar-refractivity contribution in [1.82, 2.24) is 5.32 Å². The molecule has 1 aromatic rings. The number of benzene rings is 1. The van der Waals surface area contributed by atoms with Crippen molar-refractivity contribution in [3.8, 4) is 11.5 Å². The molecule has 1 N–H and O–H groups in total. The van der Waals surface area contributed by atoms with E-state index < -0.39 is 11.4 Å². The Bertz CT molecular complexity index is 574. The molecule has 6 heteroatoms. The number of hydrogen-bond acceptors (Lipinski definition) is 5. The fourth-order valence-electron chi connectivity index (χ4n) is 1.93. The van der Waals surface area contributed by atoms with Gasteiger partial charge in [0.15, 0.2) is 11.5 Å². The monoisotopic (exact) mass is 293 g/mol. The molecule has 2 rings (SSSR count). The van der Waals surface area contributed by atoms with Crippen LogP contribution in [0.4, 0.5) is 0 Å². The Kier molecular flexibility index (Phi) is 4.06. The Morgan fingerprint density at radius 1 is 1.29 bits per heavy atom. The van der Waals surface area contributed by atoms with Gasteiger partial charge in [-0.2, -0.15) is 0 Å². The van der Waals surface area contributed by atoms with Crippen LogP contribution < -0.4 is 14.8 Å². The first kappa shape index (κ1) is 15.2. The van der Waals surface area contributed by atoms with E-state index in [1.807, 2.05) is 20.8 Å². The van der Waals surface area contributed by atoms with Crippen molar-refractivity contribution in [1.29, 1.82) is 0 Å².